The minimum atomic E-state index is -0.188. The molecule has 2 nitrogen and oxygen atoms in total. The van der Waals surface area contributed by atoms with Crippen LogP contribution >= 0.6 is 0 Å². The SMILES string of the molecule is [CH2]C(CC)C(=O)OCCCC. The average molecular weight is 157 g/mol. The normalized spacial score (nSPS) is 12.6. The van der Waals surface area contributed by atoms with E-state index in [2.05, 4.69) is 13.8 Å². The molecule has 1 unspecified atom stereocenters. The Labute approximate surface area is 68.9 Å². The van der Waals surface area contributed by atoms with Crippen LogP contribution in [0.25, 0.3) is 0 Å². The molecule has 0 spiro atoms. The minimum Gasteiger partial charge on any atom is -0.465 e. The minimum absolute atomic E-state index is 0.166. The molecule has 1 atom stereocenters. The molecule has 1 radical (unpaired) electrons. The molecular formula is C9H17O2. The monoisotopic (exact) mass is 157 g/mol. The predicted molar refractivity (Wildman–Crippen MR) is 45.0 cm³/mol. The third-order valence-electron chi connectivity index (χ3n) is 1.57. The number of hydrogen-bond acceptors (Lipinski definition) is 2. The van der Waals surface area contributed by atoms with Crippen molar-refractivity contribution in [1.29, 1.82) is 0 Å². The first-order valence-electron chi connectivity index (χ1n) is 4.22. The van der Waals surface area contributed by atoms with Crippen LogP contribution in [0.2, 0.25) is 0 Å². The molecule has 0 amide bonds. The highest BCUT2D eigenvalue weighted by molar-refractivity contribution is 5.72. The van der Waals surface area contributed by atoms with Gasteiger partial charge in [0.25, 0.3) is 0 Å². The van der Waals surface area contributed by atoms with Gasteiger partial charge in [-0.1, -0.05) is 20.3 Å². The third-order valence-corrected chi connectivity index (χ3v) is 1.57. The van der Waals surface area contributed by atoms with Gasteiger partial charge in [0.1, 0.15) is 0 Å². The second kappa shape index (κ2) is 6.20. The van der Waals surface area contributed by atoms with Gasteiger partial charge < -0.3 is 4.74 Å². The van der Waals surface area contributed by atoms with E-state index in [1.54, 1.807) is 0 Å². The Kier molecular flexibility index (Phi) is 5.90. The Balaban J connectivity index is 3.36. The van der Waals surface area contributed by atoms with Crippen molar-refractivity contribution in [1.82, 2.24) is 0 Å². The number of ether oxygens (including phenoxy) is 1. The van der Waals surface area contributed by atoms with Gasteiger partial charge in [-0.25, -0.2) is 0 Å². The lowest BCUT2D eigenvalue weighted by Crippen LogP contribution is -2.14. The van der Waals surface area contributed by atoms with E-state index >= 15 is 0 Å². The summed E-state index contributed by atoms with van der Waals surface area (Å²) in [6, 6.07) is 0. The molecule has 0 aliphatic carbocycles. The summed E-state index contributed by atoms with van der Waals surface area (Å²) in [5, 5.41) is 0. The van der Waals surface area contributed by atoms with Crippen molar-refractivity contribution in [2.24, 2.45) is 5.92 Å². The molecule has 65 valence electrons. The predicted octanol–water partition coefficient (Wildman–Crippen LogP) is 2.19. The third kappa shape index (κ3) is 4.82. The van der Waals surface area contributed by atoms with E-state index in [0.717, 1.165) is 19.3 Å². The summed E-state index contributed by atoms with van der Waals surface area (Å²) in [6.45, 7) is 8.20. The average Bonchev–Trinajstić information content (AvgIpc) is 2.03. The second-order valence-corrected chi connectivity index (χ2v) is 2.63. The number of esters is 1. The number of rotatable bonds is 5. The topological polar surface area (TPSA) is 26.3 Å². The van der Waals surface area contributed by atoms with Gasteiger partial charge in [0.2, 0.25) is 0 Å². The van der Waals surface area contributed by atoms with Crippen molar-refractivity contribution in [3.8, 4) is 0 Å². The highest BCUT2D eigenvalue weighted by Gasteiger charge is 2.10. The Morgan fingerprint density at radius 1 is 1.55 bits per heavy atom. The van der Waals surface area contributed by atoms with Crippen LogP contribution in [0.15, 0.2) is 0 Å². The maximum Gasteiger partial charge on any atom is 0.308 e. The zero-order valence-corrected chi connectivity index (χ0v) is 7.43. The first kappa shape index (κ1) is 10.5. The van der Waals surface area contributed by atoms with E-state index < -0.39 is 0 Å². The van der Waals surface area contributed by atoms with E-state index in [1.807, 2.05) is 6.92 Å². The maximum atomic E-state index is 11.0. The van der Waals surface area contributed by atoms with E-state index in [0.29, 0.717) is 6.61 Å². The van der Waals surface area contributed by atoms with Crippen LogP contribution in [0.5, 0.6) is 0 Å². The molecule has 0 aromatic heterocycles. The molecule has 0 aromatic carbocycles. The molecule has 0 bridgehead atoms. The Morgan fingerprint density at radius 3 is 2.64 bits per heavy atom. The van der Waals surface area contributed by atoms with E-state index in [4.69, 9.17) is 4.74 Å². The van der Waals surface area contributed by atoms with Crippen LogP contribution in [-0.4, -0.2) is 12.6 Å². The molecule has 2 heteroatoms. The van der Waals surface area contributed by atoms with Gasteiger partial charge in [0.15, 0.2) is 0 Å². The number of unbranched alkanes of at least 4 members (excludes halogenated alkanes) is 1. The fourth-order valence-electron chi connectivity index (χ4n) is 0.602. The molecule has 0 rings (SSSR count). The van der Waals surface area contributed by atoms with Gasteiger partial charge in [-0.3, -0.25) is 4.79 Å². The van der Waals surface area contributed by atoms with Crippen molar-refractivity contribution in [2.75, 3.05) is 6.61 Å². The summed E-state index contributed by atoms with van der Waals surface area (Å²) in [5.74, 6) is -0.354. The molecule has 0 aromatic rings. The highest BCUT2D eigenvalue weighted by atomic mass is 16.5. The maximum absolute atomic E-state index is 11.0. The van der Waals surface area contributed by atoms with Crippen LogP contribution in [0.4, 0.5) is 0 Å². The van der Waals surface area contributed by atoms with Crippen molar-refractivity contribution < 1.29 is 9.53 Å². The standard InChI is InChI=1S/C9H17O2/c1-4-6-7-11-9(10)8(3)5-2/h8H,3-7H2,1-2H3. The zero-order chi connectivity index (χ0) is 8.69. The van der Waals surface area contributed by atoms with E-state index in [-0.39, 0.29) is 11.9 Å². The second-order valence-electron chi connectivity index (χ2n) is 2.63. The fraction of sp³-hybridized carbons (Fsp3) is 0.778. The van der Waals surface area contributed by atoms with Gasteiger partial charge in [-0.15, -0.1) is 0 Å². The molecule has 0 N–H and O–H groups in total. The summed E-state index contributed by atoms with van der Waals surface area (Å²) in [4.78, 5) is 11.0. The summed E-state index contributed by atoms with van der Waals surface area (Å²) < 4.78 is 4.93. The van der Waals surface area contributed by atoms with Gasteiger partial charge in [0.05, 0.1) is 12.5 Å². The smallest absolute Gasteiger partial charge is 0.308 e. The van der Waals surface area contributed by atoms with Gasteiger partial charge in [0, 0.05) is 0 Å². The zero-order valence-electron chi connectivity index (χ0n) is 7.43. The van der Waals surface area contributed by atoms with E-state index in [9.17, 15) is 4.79 Å². The summed E-state index contributed by atoms with van der Waals surface area (Å²) in [5.41, 5.74) is 0. The molecule has 0 heterocycles. The highest BCUT2D eigenvalue weighted by Crippen LogP contribution is 2.02. The van der Waals surface area contributed by atoms with Gasteiger partial charge >= 0.3 is 5.97 Å². The quantitative estimate of drug-likeness (QED) is 0.451. The van der Waals surface area contributed by atoms with Crippen LogP contribution in [0, 0.1) is 12.8 Å². The molecule has 0 aliphatic rings. The molecular weight excluding hydrogens is 140 g/mol. The molecule has 11 heavy (non-hydrogen) atoms. The largest absolute Gasteiger partial charge is 0.465 e. The lowest BCUT2D eigenvalue weighted by molar-refractivity contribution is -0.147. The molecule has 0 aliphatic heterocycles. The Morgan fingerprint density at radius 2 is 2.18 bits per heavy atom. The van der Waals surface area contributed by atoms with Crippen LogP contribution < -0.4 is 0 Å². The summed E-state index contributed by atoms with van der Waals surface area (Å²) in [6.07, 6.45) is 2.76. The van der Waals surface area contributed by atoms with Crippen LogP contribution in [0.3, 0.4) is 0 Å². The Bertz CT molecular complexity index is 110. The van der Waals surface area contributed by atoms with Crippen molar-refractivity contribution in [2.45, 2.75) is 33.1 Å². The van der Waals surface area contributed by atoms with Crippen LogP contribution in [-0.2, 0) is 9.53 Å². The van der Waals surface area contributed by atoms with Gasteiger partial charge in [-0.05, 0) is 19.8 Å². The first-order chi connectivity index (χ1) is 5.22. The van der Waals surface area contributed by atoms with E-state index in [1.165, 1.54) is 0 Å². The lowest BCUT2D eigenvalue weighted by Gasteiger charge is -2.07. The number of carbonyl (C=O) groups is 1. The molecule has 0 fully saturated rings. The van der Waals surface area contributed by atoms with Crippen molar-refractivity contribution in [3.05, 3.63) is 6.92 Å². The summed E-state index contributed by atoms with van der Waals surface area (Å²) >= 11 is 0. The van der Waals surface area contributed by atoms with Crippen LogP contribution in [0.1, 0.15) is 33.1 Å². The number of hydrogen-bond donors (Lipinski definition) is 0. The molecule has 0 saturated carbocycles. The van der Waals surface area contributed by atoms with Crippen molar-refractivity contribution >= 4 is 5.97 Å². The summed E-state index contributed by atoms with van der Waals surface area (Å²) in [7, 11) is 0. The number of carbonyl (C=O) groups excluding carboxylic acids is 1. The lowest BCUT2D eigenvalue weighted by atomic mass is 10.1. The molecule has 0 saturated heterocycles. The Hall–Kier alpha value is -0.530. The van der Waals surface area contributed by atoms with Crippen molar-refractivity contribution in [3.63, 3.8) is 0 Å². The van der Waals surface area contributed by atoms with Gasteiger partial charge in [-0.2, -0.15) is 0 Å². The fourth-order valence-corrected chi connectivity index (χ4v) is 0.602. The first-order valence-corrected chi connectivity index (χ1v) is 4.22.